The molecule has 2 aromatic carbocycles. The van der Waals surface area contributed by atoms with E-state index in [9.17, 15) is 17.6 Å². The molecule has 2 aromatic rings. The van der Waals surface area contributed by atoms with E-state index in [2.05, 4.69) is 11.4 Å². The van der Waals surface area contributed by atoms with Gasteiger partial charge in [0.05, 0.1) is 10.9 Å². The summed E-state index contributed by atoms with van der Waals surface area (Å²) in [6.07, 6.45) is 0.928. The van der Waals surface area contributed by atoms with E-state index in [1.54, 1.807) is 0 Å². The maximum absolute atomic E-state index is 13.1. The Bertz CT molecular complexity index is 982. The molecule has 1 saturated heterocycles. The van der Waals surface area contributed by atoms with Gasteiger partial charge in [0, 0.05) is 19.0 Å². The Morgan fingerprint density at radius 3 is 2.31 bits per heavy atom. The third-order valence-electron chi connectivity index (χ3n) is 5.53. The fraction of sp³-hybridized carbons (Fsp3) is 0.409. The number of amides is 1. The van der Waals surface area contributed by atoms with Crippen LogP contribution in [0.15, 0.2) is 47.4 Å². The first-order chi connectivity index (χ1) is 13.7. The number of nitrogens with zero attached hydrogens (tertiary/aromatic N) is 1. The van der Waals surface area contributed by atoms with E-state index in [1.807, 2.05) is 32.9 Å². The molecular weight excluding hydrogens is 391 g/mol. The zero-order valence-corrected chi connectivity index (χ0v) is 17.8. The summed E-state index contributed by atoms with van der Waals surface area (Å²) in [6, 6.07) is 10.9. The number of carbonyl (C=O) groups is 1. The first-order valence-electron chi connectivity index (χ1n) is 9.81. The largest absolute Gasteiger partial charge is 0.349 e. The zero-order chi connectivity index (χ0) is 21.2. The number of hydrogen-bond donors (Lipinski definition) is 1. The molecule has 1 N–H and O–H groups in total. The first kappa shape index (κ1) is 21.5. The monoisotopic (exact) mass is 418 g/mol. The lowest BCUT2D eigenvalue weighted by molar-refractivity contribution is -0.126. The first-order valence-corrected chi connectivity index (χ1v) is 11.3. The zero-order valence-electron chi connectivity index (χ0n) is 17.0. The van der Waals surface area contributed by atoms with Crippen LogP contribution in [0.2, 0.25) is 0 Å². The number of aryl methyl sites for hydroxylation is 2. The molecule has 156 valence electrons. The summed E-state index contributed by atoms with van der Waals surface area (Å²) < 4.78 is 39.9. The number of rotatable bonds is 5. The van der Waals surface area contributed by atoms with E-state index in [0.29, 0.717) is 12.8 Å². The van der Waals surface area contributed by atoms with Crippen LogP contribution in [0.5, 0.6) is 0 Å². The van der Waals surface area contributed by atoms with Crippen molar-refractivity contribution < 1.29 is 17.6 Å². The Labute approximate surface area is 172 Å². The van der Waals surface area contributed by atoms with E-state index in [4.69, 9.17) is 0 Å². The van der Waals surface area contributed by atoms with E-state index >= 15 is 0 Å². The van der Waals surface area contributed by atoms with Crippen molar-refractivity contribution in [2.45, 2.75) is 44.6 Å². The smallest absolute Gasteiger partial charge is 0.243 e. The Hall–Kier alpha value is -2.25. The quantitative estimate of drug-likeness (QED) is 0.805. The van der Waals surface area contributed by atoms with Crippen LogP contribution in [0.1, 0.15) is 42.5 Å². The molecule has 0 aliphatic carbocycles. The highest BCUT2D eigenvalue weighted by atomic mass is 32.2. The maximum atomic E-state index is 13.1. The molecule has 0 saturated carbocycles. The molecule has 1 atom stereocenters. The summed E-state index contributed by atoms with van der Waals surface area (Å²) in [5, 5.41) is 3.07. The molecule has 0 radical (unpaired) electrons. The summed E-state index contributed by atoms with van der Waals surface area (Å²) in [7, 11) is -3.67. The molecular formula is C22H27FN2O3S. The van der Waals surface area contributed by atoms with Crippen molar-refractivity contribution in [3.05, 3.63) is 65.0 Å². The highest BCUT2D eigenvalue weighted by Gasteiger charge is 2.32. The molecule has 5 nitrogen and oxygen atoms in total. The van der Waals surface area contributed by atoms with Crippen LogP contribution in [0.4, 0.5) is 4.39 Å². The van der Waals surface area contributed by atoms with Crippen LogP contribution in [0.3, 0.4) is 0 Å². The highest BCUT2D eigenvalue weighted by Crippen LogP contribution is 2.25. The molecule has 1 aliphatic rings. The number of carbonyl (C=O) groups excluding carboxylic acids is 1. The number of piperidine rings is 1. The van der Waals surface area contributed by atoms with Gasteiger partial charge in [-0.15, -0.1) is 0 Å². The van der Waals surface area contributed by atoms with E-state index in [1.165, 1.54) is 22.0 Å². The normalized spacial score (nSPS) is 17.1. The summed E-state index contributed by atoms with van der Waals surface area (Å²) >= 11 is 0. The van der Waals surface area contributed by atoms with Crippen molar-refractivity contribution in [1.82, 2.24) is 9.62 Å². The molecule has 1 unspecified atom stereocenters. The van der Waals surface area contributed by atoms with Gasteiger partial charge in [-0.2, -0.15) is 4.31 Å². The van der Waals surface area contributed by atoms with Gasteiger partial charge in [-0.05, 0) is 69.0 Å². The Kier molecular flexibility index (Phi) is 6.39. The van der Waals surface area contributed by atoms with E-state index in [0.717, 1.165) is 23.3 Å². The summed E-state index contributed by atoms with van der Waals surface area (Å²) in [6.45, 7) is 6.58. The molecule has 1 heterocycles. The van der Waals surface area contributed by atoms with Crippen molar-refractivity contribution in [3.8, 4) is 0 Å². The highest BCUT2D eigenvalue weighted by molar-refractivity contribution is 7.89. The molecule has 1 amide bonds. The SMILES string of the molecule is Cc1ccc(C(C)NC(=O)C2CCN(S(=O)(=O)c3ccc(F)cc3)CC2)c(C)c1. The second-order valence-corrected chi connectivity index (χ2v) is 9.66. The van der Waals surface area contributed by atoms with Gasteiger partial charge in [0.25, 0.3) is 0 Å². The molecule has 7 heteroatoms. The van der Waals surface area contributed by atoms with Gasteiger partial charge >= 0.3 is 0 Å². The van der Waals surface area contributed by atoms with Gasteiger partial charge in [0.1, 0.15) is 5.82 Å². The minimum atomic E-state index is -3.67. The molecule has 3 rings (SSSR count). The van der Waals surface area contributed by atoms with Gasteiger partial charge in [0.15, 0.2) is 0 Å². The summed E-state index contributed by atoms with van der Waals surface area (Å²) in [5.74, 6) is -0.739. The van der Waals surface area contributed by atoms with Crippen molar-refractivity contribution >= 4 is 15.9 Å². The number of halogens is 1. The van der Waals surface area contributed by atoms with Crippen LogP contribution in [-0.2, 0) is 14.8 Å². The van der Waals surface area contributed by atoms with Crippen molar-refractivity contribution in [2.24, 2.45) is 5.92 Å². The Balaban J connectivity index is 1.60. The number of nitrogens with one attached hydrogen (secondary N) is 1. The predicted octanol–water partition coefficient (Wildman–Crippen LogP) is 3.72. The Morgan fingerprint density at radius 2 is 1.72 bits per heavy atom. The van der Waals surface area contributed by atoms with E-state index < -0.39 is 15.8 Å². The van der Waals surface area contributed by atoms with Crippen molar-refractivity contribution in [2.75, 3.05) is 13.1 Å². The molecule has 1 fully saturated rings. The average molecular weight is 419 g/mol. The third kappa shape index (κ3) is 4.85. The fourth-order valence-corrected chi connectivity index (χ4v) is 5.30. The van der Waals surface area contributed by atoms with Crippen molar-refractivity contribution in [3.63, 3.8) is 0 Å². The van der Waals surface area contributed by atoms with Crippen LogP contribution < -0.4 is 5.32 Å². The lowest BCUT2D eigenvalue weighted by Gasteiger charge is -2.31. The molecule has 0 bridgehead atoms. The third-order valence-corrected chi connectivity index (χ3v) is 7.44. The molecule has 29 heavy (non-hydrogen) atoms. The second kappa shape index (κ2) is 8.63. The van der Waals surface area contributed by atoms with Crippen LogP contribution in [0, 0.1) is 25.6 Å². The topological polar surface area (TPSA) is 66.5 Å². The second-order valence-electron chi connectivity index (χ2n) is 7.72. The fourth-order valence-electron chi connectivity index (χ4n) is 3.83. The Morgan fingerprint density at radius 1 is 1.10 bits per heavy atom. The minimum Gasteiger partial charge on any atom is -0.349 e. The number of benzene rings is 2. The van der Waals surface area contributed by atoms with E-state index in [-0.39, 0.29) is 35.9 Å². The maximum Gasteiger partial charge on any atom is 0.243 e. The number of sulfonamides is 1. The molecule has 0 aromatic heterocycles. The van der Waals surface area contributed by atoms with Gasteiger partial charge < -0.3 is 5.32 Å². The lowest BCUT2D eigenvalue weighted by Crippen LogP contribution is -2.43. The van der Waals surface area contributed by atoms with Crippen LogP contribution in [0.25, 0.3) is 0 Å². The van der Waals surface area contributed by atoms with Crippen LogP contribution >= 0.6 is 0 Å². The summed E-state index contributed by atoms with van der Waals surface area (Å²) in [4.78, 5) is 12.8. The van der Waals surface area contributed by atoms with Gasteiger partial charge in [-0.3, -0.25) is 4.79 Å². The van der Waals surface area contributed by atoms with Gasteiger partial charge in [0.2, 0.25) is 15.9 Å². The van der Waals surface area contributed by atoms with Gasteiger partial charge in [-0.1, -0.05) is 23.8 Å². The predicted molar refractivity (Wildman–Crippen MR) is 110 cm³/mol. The molecule has 1 aliphatic heterocycles. The molecule has 0 spiro atoms. The standard InChI is InChI=1S/C22H27FN2O3S/c1-15-4-9-21(16(2)14-15)17(3)24-22(26)18-10-12-25(13-11-18)29(27,28)20-7-5-19(23)6-8-20/h4-9,14,17-18H,10-13H2,1-3H3,(H,24,26). The average Bonchev–Trinajstić information content (AvgIpc) is 2.68. The van der Waals surface area contributed by atoms with Crippen LogP contribution in [-0.4, -0.2) is 31.7 Å². The van der Waals surface area contributed by atoms with Crippen molar-refractivity contribution in [1.29, 1.82) is 0 Å². The number of hydrogen-bond acceptors (Lipinski definition) is 3. The minimum absolute atomic E-state index is 0.0451. The lowest BCUT2D eigenvalue weighted by atomic mass is 9.95. The van der Waals surface area contributed by atoms with Gasteiger partial charge in [-0.25, -0.2) is 12.8 Å². The summed E-state index contributed by atoms with van der Waals surface area (Å²) in [5.41, 5.74) is 3.40.